The summed E-state index contributed by atoms with van der Waals surface area (Å²) in [5.41, 5.74) is 1.32. The van der Waals surface area contributed by atoms with Crippen LogP contribution in [0.4, 0.5) is 0 Å². The van der Waals surface area contributed by atoms with E-state index >= 15 is 0 Å². The van der Waals surface area contributed by atoms with Gasteiger partial charge < -0.3 is 10.0 Å². The fraction of sp³-hybridized carbons (Fsp3) is 0.100. The number of fused-ring (bicyclic) bond motifs is 1. The lowest BCUT2D eigenvalue weighted by Crippen LogP contribution is -2.31. The molecule has 0 spiro atoms. The molecule has 15 heavy (non-hydrogen) atoms. The maximum atomic E-state index is 9.21. The molecule has 0 bridgehead atoms. The summed E-state index contributed by atoms with van der Waals surface area (Å²) >= 11 is 1.47. The van der Waals surface area contributed by atoms with Gasteiger partial charge in [0.15, 0.2) is 0 Å². The standard InChI is InChI=1S/C10H10BNO2S/c1-15-10-8(11(13)14)5-4-7-3-2-6-12-9(7)10/h2-6,13-14H,1H3. The number of aromatic nitrogens is 1. The molecule has 0 aliphatic rings. The minimum Gasteiger partial charge on any atom is -0.423 e. The van der Waals surface area contributed by atoms with E-state index in [1.165, 1.54) is 11.8 Å². The molecule has 0 saturated carbocycles. The van der Waals surface area contributed by atoms with Crippen molar-refractivity contribution >= 4 is 35.2 Å². The quantitative estimate of drug-likeness (QED) is 0.574. The third-order valence-corrected chi connectivity index (χ3v) is 3.08. The molecular formula is C10H10BNO2S. The molecule has 0 aliphatic carbocycles. The zero-order valence-corrected chi connectivity index (χ0v) is 9.03. The number of rotatable bonds is 2. The van der Waals surface area contributed by atoms with E-state index < -0.39 is 7.12 Å². The number of thioether (sulfide) groups is 1. The minimum atomic E-state index is -1.45. The molecule has 0 fully saturated rings. The zero-order chi connectivity index (χ0) is 10.8. The van der Waals surface area contributed by atoms with Crippen LogP contribution in [0, 0.1) is 0 Å². The van der Waals surface area contributed by atoms with Gasteiger partial charge in [0, 0.05) is 16.5 Å². The molecule has 2 rings (SSSR count). The second-order valence-corrected chi connectivity index (χ2v) is 3.95. The third-order valence-electron chi connectivity index (χ3n) is 2.24. The Morgan fingerprint density at radius 2 is 2.07 bits per heavy atom. The Balaban J connectivity index is 2.75. The van der Waals surface area contributed by atoms with Crippen LogP contribution >= 0.6 is 11.8 Å². The highest BCUT2D eigenvalue weighted by Crippen LogP contribution is 2.22. The van der Waals surface area contributed by atoms with Gasteiger partial charge in [-0.3, -0.25) is 4.98 Å². The van der Waals surface area contributed by atoms with Crippen LogP contribution in [0.1, 0.15) is 0 Å². The molecule has 3 nitrogen and oxygen atoms in total. The molecule has 0 amide bonds. The van der Waals surface area contributed by atoms with Crippen molar-refractivity contribution in [3.8, 4) is 0 Å². The lowest BCUT2D eigenvalue weighted by atomic mass is 9.80. The Kier molecular flexibility index (Phi) is 2.95. The second kappa shape index (κ2) is 4.22. The molecule has 1 heterocycles. The Bertz CT molecular complexity index is 490. The van der Waals surface area contributed by atoms with Crippen molar-refractivity contribution in [1.29, 1.82) is 0 Å². The summed E-state index contributed by atoms with van der Waals surface area (Å²) in [7, 11) is -1.45. The number of benzene rings is 1. The Morgan fingerprint density at radius 1 is 1.27 bits per heavy atom. The molecule has 0 atom stereocenters. The summed E-state index contributed by atoms with van der Waals surface area (Å²) in [6.07, 6.45) is 3.60. The van der Waals surface area contributed by atoms with Crippen molar-refractivity contribution in [2.75, 3.05) is 6.26 Å². The molecule has 1 aromatic carbocycles. The number of pyridine rings is 1. The predicted octanol–water partition coefficient (Wildman–Crippen LogP) is 0.636. The minimum absolute atomic E-state index is 0.508. The molecule has 5 heteroatoms. The van der Waals surface area contributed by atoms with Crippen LogP contribution in [-0.4, -0.2) is 28.4 Å². The Morgan fingerprint density at radius 3 is 2.73 bits per heavy atom. The summed E-state index contributed by atoms with van der Waals surface area (Å²) in [6.45, 7) is 0. The van der Waals surface area contributed by atoms with Crippen molar-refractivity contribution in [2.45, 2.75) is 4.90 Å². The highest BCUT2D eigenvalue weighted by atomic mass is 32.2. The number of nitrogens with zero attached hydrogens (tertiary/aromatic N) is 1. The van der Waals surface area contributed by atoms with Crippen LogP contribution in [0.25, 0.3) is 10.9 Å². The van der Waals surface area contributed by atoms with Gasteiger partial charge in [0.05, 0.1) is 5.52 Å². The molecule has 2 N–H and O–H groups in total. The SMILES string of the molecule is CSc1c(B(O)O)ccc2cccnc12. The van der Waals surface area contributed by atoms with Crippen LogP contribution in [0.5, 0.6) is 0 Å². The molecule has 0 unspecified atom stereocenters. The molecule has 0 radical (unpaired) electrons. The first-order chi connectivity index (χ1) is 7.24. The fourth-order valence-electron chi connectivity index (χ4n) is 1.55. The van der Waals surface area contributed by atoms with Gasteiger partial charge in [0.1, 0.15) is 0 Å². The second-order valence-electron chi connectivity index (χ2n) is 3.14. The average Bonchev–Trinajstić information content (AvgIpc) is 2.27. The molecule has 1 aromatic heterocycles. The highest BCUT2D eigenvalue weighted by molar-refractivity contribution is 7.99. The maximum Gasteiger partial charge on any atom is 0.489 e. The van der Waals surface area contributed by atoms with Gasteiger partial charge in [-0.05, 0) is 17.8 Å². The van der Waals surface area contributed by atoms with Gasteiger partial charge in [0.25, 0.3) is 0 Å². The molecule has 2 aromatic rings. The van der Waals surface area contributed by atoms with Gasteiger partial charge in [0.2, 0.25) is 0 Å². The van der Waals surface area contributed by atoms with Crippen molar-refractivity contribution in [3.63, 3.8) is 0 Å². The van der Waals surface area contributed by atoms with Gasteiger partial charge in [-0.25, -0.2) is 0 Å². The summed E-state index contributed by atoms with van der Waals surface area (Å²) < 4.78 is 0. The van der Waals surface area contributed by atoms with Gasteiger partial charge >= 0.3 is 7.12 Å². The normalized spacial score (nSPS) is 10.6. The fourth-order valence-corrected chi connectivity index (χ4v) is 2.32. The van der Waals surface area contributed by atoms with E-state index in [0.29, 0.717) is 5.46 Å². The topological polar surface area (TPSA) is 53.4 Å². The van der Waals surface area contributed by atoms with Crippen LogP contribution in [0.2, 0.25) is 0 Å². The smallest absolute Gasteiger partial charge is 0.423 e. The lowest BCUT2D eigenvalue weighted by molar-refractivity contribution is 0.425. The van der Waals surface area contributed by atoms with Crippen molar-refractivity contribution < 1.29 is 10.0 Å². The Hall–Kier alpha value is -1.04. The first kappa shape index (κ1) is 10.5. The first-order valence-corrected chi connectivity index (χ1v) is 5.74. The van der Waals surface area contributed by atoms with Crippen molar-refractivity contribution in [2.24, 2.45) is 0 Å². The van der Waals surface area contributed by atoms with Crippen LogP contribution < -0.4 is 5.46 Å². The number of hydrogen-bond donors (Lipinski definition) is 2. The van der Waals surface area contributed by atoms with E-state index in [-0.39, 0.29) is 0 Å². The first-order valence-electron chi connectivity index (χ1n) is 4.52. The summed E-state index contributed by atoms with van der Waals surface area (Å²) in [4.78, 5) is 5.07. The molecule has 76 valence electrons. The summed E-state index contributed by atoms with van der Waals surface area (Å²) in [5.74, 6) is 0. The third kappa shape index (κ3) is 1.86. The molecule has 0 aliphatic heterocycles. The zero-order valence-electron chi connectivity index (χ0n) is 8.21. The van der Waals surface area contributed by atoms with Crippen molar-refractivity contribution in [1.82, 2.24) is 4.98 Å². The molecule has 0 saturated heterocycles. The number of hydrogen-bond acceptors (Lipinski definition) is 4. The maximum absolute atomic E-state index is 9.21. The van der Waals surface area contributed by atoms with E-state index in [1.807, 2.05) is 24.5 Å². The van der Waals surface area contributed by atoms with Gasteiger partial charge in [-0.2, -0.15) is 0 Å². The van der Waals surface area contributed by atoms with E-state index in [4.69, 9.17) is 0 Å². The average molecular weight is 219 g/mol. The van der Waals surface area contributed by atoms with E-state index in [9.17, 15) is 10.0 Å². The lowest BCUT2D eigenvalue weighted by Gasteiger charge is -2.08. The summed E-state index contributed by atoms with van der Waals surface area (Å²) in [5, 5.41) is 19.4. The Labute approximate surface area is 92.3 Å². The highest BCUT2D eigenvalue weighted by Gasteiger charge is 2.17. The van der Waals surface area contributed by atoms with Gasteiger partial charge in [-0.1, -0.05) is 18.2 Å². The van der Waals surface area contributed by atoms with E-state index in [2.05, 4.69) is 4.98 Å². The van der Waals surface area contributed by atoms with Crippen molar-refractivity contribution in [3.05, 3.63) is 30.5 Å². The summed E-state index contributed by atoms with van der Waals surface area (Å²) in [6, 6.07) is 7.38. The monoisotopic (exact) mass is 219 g/mol. The molecular weight excluding hydrogens is 209 g/mol. The van der Waals surface area contributed by atoms with Crippen LogP contribution in [-0.2, 0) is 0 Å². The van der Waals surface area contributed by atoms with Crippen LogP contribution in [0.15, 0.2) is 35.4 Å². The van der Waals surface area contributed by atoms with E-state index in [1.54, 1.807) is 12.3 Å². The van der Waals surface area contributed by atoms with E-state index in [0.717, 1.165) is 15.8 Å². The van der Waals surface area contributed by atoms with Crippen LogP contribution in [0.3, 0.4) is 0 Å². The predicted molar refractivity (Wildman–Crippen MR) is 63.3 cm³/mol. The van der Waals surface area contributed by atoms with Gasteiger partial charge in [-0.15, -0.1) is 11.8 Å². The largest absolute Gasteiger partial charge is 0.489 e.